The van der Waals surface area contributed by atoms with Crippen molar-refractivity contribution in [2.45, 2.75) is 32.6 Å². The van der Waals surface area contributed by atoms with Crippen LogP contribution >= 0.6 is 11.8 Å². The smallest absolute Gasteiger partial charge is 0.323 e. The van der Waals surface area contributed by atoms with E-state index in [1.807, 2.05) is 82.3 Å². The number of carbonyl (C=O) groups excluding carboxylic acids is 3. The molecule has 0 saturated heterocycles. The van der Waals surface area contributed by atoms with Crippen LogP contribution in [0.5, 0.6) is 5.75 Å². The number of rotatable bonds is 8. The highest BCUT2D eigenvalue weighted by atomic mass is 32.2. The molecule has 8 nitrogen and oxygen atoms in total. The number of nitrogens with zero attached hydrogens (tertiary/aromatic N) is 1. The maximum atomic E-state index is 13.8. The summed E-state index contributed by atoms with van der Waals surface area (Å²) in [5.41, 5.74) is 6.37. The molecule has 1 aliphatic rings. The van der Waals surface area contributed by atoms with Crippen LogP contribution in [0.15, 0.2) is 100 Å². The number of methoxy groups -OCH3 is 1. The Bertz CT molecular complexity index is 1740. The molecule has 4 amide bonds. The Morgan fingerprint density at radius 2 is 1.44 bits per heavy atom. The molecule has 0 saturated carbocycles. The van der Waals surface area contributed by atoms with E-state index in [9.17, 15) is 14.4 Å². The molecule has 0 spiro atoms. The lowest BCUT2D eigenvalue weighted by Gasteiger charge is -2.16. The molecule has 9 heteroatoms. The highest BCUT2D eigenvalue weighted by Crippen LogP contribution is 2.40. The van der Waals surface area contributed by atoms with Crippen molar-refractivity contribution in [1.82, 2.24) is 0 Å². The van der Waals surface area contributed by atoms with Gasteiger partial charge in [-0.25, -0.2) is 9.69 Å². The number of hydrogen-bond acceptors (Lipinski definition) is 6. The zero-order valence-corrected chi connectivity index (χ0v) is 25.4. The predicted octanol–water partition coefficient (Wildman–Crippen LogP) is 7.56. The van der Waals surface area contributed by atoms with Crippen molar-refractivity contribution in [2.75, 3.05) is 28.0 Å². The van der Waals surface area contributed by atoms with Crippen LogP contribution in [-0.2, 0) is 9.59 Å². The summed E-state index contributed by atoms with van der Waals surface area (Å²) < 4.78 is 5.51. The number of para-hydroxylation sites is 1. The summed E-state index contributed by atoms with van der Waals surface area (Å²) in [5.74, 6) is -0.376. The van der Waals surface area contributed by atoms with Crippen LogP contribution in [0, 0.1) is 27.7 Å². The number of ether oxygens (including phenoxy) is 1. The molecule has 0 aromatic heterocycles. The van der Waals surface area contributed by atoms with Crippen molar-refractivity contribution in [1.29, 1.82) is 0 Å². The summed E-state index contributed by atoms with van der Waals surface area (Å²) in [4.78, 5) is 42.5. The largest absolute Gasteiger partial charge is 0.495 e. The van der Waals surface area contributed by atoms with E-state index >= 15 is 0 Å². The van der Waals surface area contributed by atoms with Crippen LogP contribution in [0.1, 0.15) is 22.3 Å². The molecule has 3 N–H and O–H groups in total. The fourth-order valence-corrected chi connectivity index (χ4v) is 5.73. The summed E-state index contributed by atoms with van der Waals surface area (Å²) in [7, 11) is 1.55. The fourth-order valence-electron chi connectivity index (χ4n) is 4.74. The summed E-state index contributed by atoms with van der Waals surface area (Å²) >= 11 is 1.15. The zero-order chi connectivity index (χ0) is 30.7. The van der Waals surface area contributed by atoms with E-state index in [1.54, 1.807) is 37.4 Å². The Morgan fingerprint density at radius 1 is 0.767 bits per heavy atom. The average Bonchev–Trinajstić information content (AvgIpc) is 3.20. The summed E-state index contributed by atoms with van der Waals surface area (Å²) in [6.07, 6.45) is 0. The second-order valence-corrected chi connectivity index (χ2v) is 11.4. The van der Waals surface area contributed by atoms with Crippen molar-refractivity contribution in [3.8, 4) is 5.75 Å². The van der Waals surface area contributed by atoms with Gasteiger partial charge in [0.05, 0.1) is 18.5 Å². The van der Waals surface area contributed by atoms with Crippen LogP contribution < -0.4 is 25.6 Å². The van der Waals surface area contributed by atoms with E-state index in [1.165, 1.54) is 4.90 Å². The topological polar surface area (TPSA) is 99.8 Å². The van der Waals surface area contributed by atoms with Gasteiger partial charge in [0.1, 0.15) is 16.4 Å². The number of aryl methyl sites for hydroxylation is 4. The number of benzene rings is 4. The molecule has 5 rings (SSSR count). The van der Waals surface area contributed by atoms with E-state index in [4.69, 9.17) is 4.74 Å². The number of anilines is 4. The first-order chi connectivity index (χ1) is 20.6. The monoisotopic (exact) mass is 592 g/mol. The highest BCUT2D eigenvalue weighted by Gasteiger charge is 2.40. The number of carbonyl (C=O) groups is 3. The molecule has 0 bridgehead atoms. The van der Waals surface area contributed by atoms with E-state index in [0.717, 1.165) is 39.7 Å². The minimum absolute atomic E-state index is 0.144. The van der Waals surface area contributed by atoms with Gasteiger partial charge in [-0.15, -0.1) is 0 Å². The molecule has 218 valence electrons. The first-order valence-electron chi connectivity index (χ1n) is 13.7. The van der Waals surface area contributed by atoms with Crippen molar-refractivity contribution in [3.05, 3.63) is 118 Å². The third-order valence-corrected chi connectivity index (χ3v) is 8.05. The second-order valence-electron chi connectivity index (χ2n) is 10.3. The number of thioether (sulfide) groups is 1. The third kappa shape index (κ3) is 6.42. The van der Waals surface area contributed by atoms with Gasteiger partial charge >= 0.3 is 6.03 Å². The van der Waals surface area contributed by atoms with Gasteiger partial charge in [-0.1, -0.05) is 59.8 Å². The van der Waals surface area contributed by atoms with Crippen molar-refractivity contribution in [3.63, 3.8) is 0 Å². The van der Waals surface area contributed by atoms with Gasteiger partial charge in [-0.05, 0) is 86.8 Å². The Kier molecular flexibility index (Phi) is 8.54. The first-order valence-corrected chi connectivity index (χ1v) is 14.5. The minimum atomic E-state index is -0.470. The van der Waals surface area contributed by atoms with E-state index < -0.39 is 11.8 Å². The van der Waals surface area contributed by atoms with Crippen molar-refractivity contribution in [2.24, 2.45) is 0 Å². The van der Waals surface area contributed by atoms with Gasteiger partial charge in [0, 0.05) is 16.3 Å². The summed E-state index contributed by atoms with van der Waals surface area (Å²) in [5, 5.41) is 8.97. The summed E-state index contributed by atoms with van der Waals surface area (Å²) in [6, 6.07) is 25.4. The normalized spacial score (nSPS) is 12.9. The predicted molar refractivity (Wildman–Crippen MR) is 173 cm³/mol. The van der Waals surface area contributed by atoms with Crippen molar-refractivity contribution < 1.29 is 19.1 Å². The highest BCUT2D eigenvalue weighted by molar-refractivity contribution is 8.04. The van der Waals surface area contributed by atoms with Crippen LogP contribution in [0.2, 0.25) is 0 Å². The molecule has 0 atom stereocenters. The van der Waals surface area contributed by atoms with Crippen LogP contribution in [0.4, 0.5) is 27.5 Å². The number of urea groups is 1. The van der Waals surface area contributed by atoms with E-state index in [2.05, 4.69) is 16.0 Å². The lowest BCUT2D eigenvalue weighted by Crippen LogP contribution is -2.32. The number of nitrogens with one attached hydrogen (secondary N) is 3. The molecule has 0 radical (unpaired) electrons. The first kappa shape index (κ1) is 29.5. The Labute approximate surface area is 255 Å². The molecule has 43 heavy (non-hydrogen) atoms. The summed E-state index contributed by atoms with van der Waals surface area (Å²) in [6.45, 7) is 7.75. The van der Waals surface area contributed by atoms with Crippen molar-refractivity contribution >= 4 is 52.4 Å². The minimum Gasteiger partial charge on any atom is -0.495 e. The second kappa shape index (κ2) is 12.5. The molecular weight excluding hydrogens is 560 g/mol. The molecular formula is C34H32N4O4S. The Hall–Kier alpha value is -5.02. The van der Waals surface area contributed by atoms with Gasteiger partial charge in [0.15, 0.2) is 0 Å². The zero-order valence-electron chi connectivity index (χ0n) is 24.6. The van der Waals surface area contributed by atoms with Gasteiger partial charge < -0.3 is 20.7 Å². The lowest BCUT2D eigenvalue weighted by atomic mass is 10.1. The van der Waals surface area contributed by atoms with Crippen LogP contribution in [-0.4, -0.2) is 25.0 Å². The fraction of sp³-hybridized carbons (Fsp3) is 0.147. The van der Waals surface area contributed by atoms with E-state index in [0.29, 0.717) is 27.7 Å². The van der Waals surface area contributed by atoms with E-state index in [-0.39, 0.29) is 16.6 Å². The van der Waals surface area contributed by atoms with Gasteiger partial charge in [0.25, 0.3) is 11.8 Å². The molecule has 4 aromatic rings. The van der Waals surface area contributed by atoms with Gasteiger partial charge in [-0.2, -0.15) is 0 Å². The number of amides is 4. The maximum absolute atomic E-state index is 13.8. The lowest BCUT2D eigenvalue weighted by molar-refractivity contribution is -0.120. The number of hydrogen-bond donors (Lipinski definition) is 3. The standard InChI is InChI=1S/C34H32N4O4S/c1-20-12-15-25(16-13-20)38-32(39)30(36-27-18-21(2)14-17-28(27)42-5)31(33(38)40)43-26-11-7-10-24(19-26)35-34(41)37-29-22(3)8-6-9-23(29)4/h6-19,36H,1-5H3,(H2,35,37,41). The van der Waals surface area contributed by atoms with Crippen LogP contribution in [0.25, 0.3) is 0 Å². The van der Waals surface area contributed by atoms with Crippen LogP contribution in [0.3, 0.4) is 0 Å². The molecule has 1 aliphatic heterocycles. The molecule has 4 aromatic carbocycles. The molecule has 0 fully saturated rings. The van der Waals surface area contributed by atoms with Gasteiger partial charge in [-0.3, -0.25) is 9.59 Å². The van der Waals surface area contributed by atoms with Gasteiger partial charge in [0.2, 0.25) is 0 Å². The maximum Gasteiger partial charge on any atom is 0.323 e. The Balaban J connectivity index is 1.45. The Morgan fingerprint density at radius 3 is 2.14 bits per heavy atom. The third-order valence-electron chi connectivity index (χ3n) is 6.98. The average molecular weight is 593 g/mol. The molecule has 0 unspecified atom stereocenters. The molecule has 0 aliphatic carbocycles. The molecule has 1 heterocycles. The SMILES string of the molecule is COc1ccc(C)cc1NC1=C(Sc2cccc(NC(=O)Nc3c(C)cccc3C)c2)C(=O)N(c2ccc(C)cc2)C1=O. The quantitative estimate of drug-likeness (QED) is 0.183. The number of imide groups is 1.